The van der Waals surface area contributed by atoms with E-state index < -0.39 is 5.97 Å². The number of ether oxygens (including phenoxy) is 2. The molecule has 0 spiro atoms. The van der Waals surface area contributed by atoms with Crippen molar-refractivity contribution in [3.8, 4) is 11.5 Å². The lowest BCUT2D eigenvalue weighted by atomic mass is 10.0. The molecule has 0 unspecified atom stereocenters. The highest BCUT2D eigenvalue weighted by molar-refractivity contribution is 5.95. The molecule has 0 radical (unpaired) electrons. The van der Waals surface area contributed by atoms with Crippen LogP contribution in [0.25, 0.3) is 0 Å². The maximum Gasteiger partial charge on any atom is 0.338 e. The molecule has 0 aliphatic carbocycles. The molecule has 8 nitrogen and oxygen atoms in total. The van der Waals surface area contributed by atoms with Gasteiger partial charge in [-0.3, -0.25) is 9.48 Å². The first-order chi connectivity index (χ1) is 14.0. The van der Waals surface area contributed by atoms with Gasteiger partial charge in [-0.15, -0.1) is 6.58 Å². The standard InChI is InChI=1S/C21H25N3O5/c1-4-5-14-10-15(11-18(28-2)19(14)29-3)20(25)23-8-6-17(7-9-23)24-13-16(12-22-24)21(26)27/h4,10-13,17H,1,5-9H2,2-3H3,(H,26,27). The summed E-state index contributed by atoms with van der Waals surface area (Å²) in [4.78, 5) is 25.9. The maximum atomic E-state index is 13.1. The van der Waals surface area contributed by atoms with Crippen LogP contribution < -0.4 is 9.47 Å². The highest BCUT2D eigenvalue weighted by atomic mass is 16.5. The van der Waals surface area contributed by atoms with Gasteiger partial charge < -0.3 is 19.5 Å². The Balaban J connectivity index is 1.73. The monoisotopic (exact) mass is 399 g/mol. The van der Waals surface area contributed by atoms with Gasteiger partial charge in [0.25, 0.3) is 5.91 Å². The predicted octanol–water partition coefficient (Wildman–Crippen LogP) is 2.80. The lowest BCUT2D eigenvalue weighted by Gasteiger charge is -2.32. The third kappa shape index (κ3) is 4.26. The molecule has 1 fully saturated rings. The molecule has 1 aliphatic heterocycles. The summed E-state index contributed by atoms with van der Waals surface area (Å²) in [5.41, 5.74) is 1.56. The Morgan fingerprint density at radius 1 is 1.24 bits per heavy atom. The number of nitrogens with zero attached hydrogens (tertiary/aromatic N) is 3. The minimum atomic E-state index is -0.993. The minimum Gasteiger partial charge on any atom is -0.493 e. The lowest BCUT2D eigenvalue weighted by Crippen LogP contribution is -2.39. The summed E-state index contributed by atoms with van der Waals surface area (Å²) in [7, 11) is 3.12. The third-order valence-electron chi connectivity index (χ3n) is 5.14. The van der Waals surface area contributed by atoms with E-state index >= 15 is 0 Å². The summed E-state index contributed by atoms with van der Waals surface area (Å²) in [5.74, 6) is 0.0625. The van der Waals surface area contributed by atoms with Crippen molar-refractivity contribution in [2.75, 3.05) is 27.3 Å². The first-order valence-electron chi connectivity index (χ1n) is 9.41. The zero-order valence-electron chi connectivity index (χ0n) is 16.6. The lowest BCUT2D eigenvalue weighted by molar-refractivity contribution is 0.0687. The molecule has 154 valence electrons. The summed E-state index contributed by atoms with van der Waals surface area (Å²) in [6.45, 7) is 4.90. The summed E-state index contributed by atoms with van der Waals surface area (Å²) in [5, 5.41) is 13.2. The number of carboxylic acid groups (broad SMARTS) is 1. The Hall–Kier alpha value is -3.29. The fourth-order valence-electron chi connectivity index (χ4n) is 3.64. The van der Waals surface area contributed by atoms with Crippen LogP contribution >= 0.6 is 0 Å². The van der Waals surface area contributed by atoms with E-state index in [4.69, 9.17) is 14.6 Å². The molecular weight excluding hydrogens is 374 g/mol. The summed E-state index contributed by atoms with van der Waals surface area (Å²) < 4.78 is 12.5. The fraction of sp³-hybridized carbons (Fsp3) is 0.381. The van der Waals surface area contributed by atoms with Crippen LogP contribution in [0.5, 0.6) is 11.5 Å². The van der Waals surface area contributed by atoms with Gasteiger partial charge in [0.1, 0.15) is 0 Å². The van der Waals surface area contributed by atoms with Crippen molar-refractivity contribution in [2.45, 2.75) is 25.3 Å². The van der Waals surface area contributed by atoms with Crippen molar-refractivity contribution in [1.82, 2.24) is 14.7 Å². The second kappa shape index (κ2) is 8.81. The number of benzene rings is 1. The molecule has 1 aromatic heterocycles. The van der Waals surface area contributed by atoms with Crippen LogP contribution in [0.15, 0.2) is 37.2 Å². The number of carbonyl (C=O) groups excluding carboxylic acids is 1. The number of carboxylic acids is 1. The second-order valence-electron chi connectivity index (χ2n) is 6.90. The van der Waals surface area contributed by atoms with Gasteiger partial charge in [0.2, 0.25) is 0 Å². The van der Waals surface area contributed by atoms with Crippen LogP contribution in [-0.4, -0.2) is 59.0 Å². The van der Waals surface area contributed by atoms with Crippen LogP contribution in [0.1, 0.15) is 45.2 Å². The largest absolute Gasteiger partial charge is 0.493 e. The number of rotatable bonds is 7. The van der Waals surface area contributed by atoms with Gasteiger partial charge >= 0.3 is 5.97 Å². The molecule has 0 atom stereocenters. The summed E-state index contributed by atoms with van der Waals surface area (Å²) >= 11 is 0. The van der Waals surface area contributed by atoms with Crippen molar-refractivity contribution in [3.05, 3.63) is 53.9 Å². The number of carbonyl (C=O) groups is 2. The van der Waals surface area contributed by atoms with Gasteiger partial charge in [0.15, 0.2) is 11.5 Å². The highest BCUT2D eigenvalue weighted by Gasteiger charge is 2.26. The molecule has 2 heterocycles. The third-order valence-corrected chi connectivity index (χ3v) is 5.14. The summed E-state index contributed by atoms with van der Waals surface area (Å²) in [6.07, 6.45) is 6.63. The molecule has 2 aromatic rings. The number of aromatic carboxylic acids is 1. The molecule has 3 rings (SSSR count). The van der Waals surface area contributed by atoms with Gasteiger partial charge in [0, 0.05) is 30.4 Å². The smallest absolute Gasteiger partial charge is 0.338 e. The van der Waals surface area contributed by atoms with Crippen LogP contribution in [0.2, 0.25) is 0 Å². The Kier molecular flexibility index (Phi) is 6.21. The molecule has 1 N–H and O–H groups in total. The molecular formula is C21H25N3O5. The average Bonchev–Trinajstić information content (AvgIpc) is 3.23. The van der Waals surface area contributed by atoms with E-state index in [1.54, 1.807) is 42.1 Å². The number of likely N-dealkylation sites (tertiary alicyclic amines) is 1. The van der Waals surface area contributed by atoms with Crippen molar-refractivity contribution in [3.63, 3.8) is 0 Å². The van der Waals surface area contributed by atoms with E-state index in [1.165, 1.54) is 6.20 Å². The van der Waals surface area contributed by atoms with Crippen LogP contribution in [0, 0.1) is 0 Å². The van der Waals surface area contributed by atoms with Gasteiger partial charge in [0.05, 0.1) is 32.0 Å². The van der Waals surface area contributed by atoms with Crippen LogP contribution in [0.3, 0.4) is 0 Å². The first-order valence-corrected chi connectivity index (χ1v) is 9.41. The molecule has 1 aromatic carbocycles. The SMILES string of the molecule is C=CCc1cc(C(=O)N2CCC(n3cc(C(=O)O)cn3)CC2)cc(OC)c1OC. The first kappa shape index (κ1) is 20.4. The Labute approximate surface area is 169 Å². The van der Waals surface area contributed by atoms with E-state index in [0.717, 1.165) is 5.56 Å². The molecule has 1 saturated heterocycles. The van der Waals surface area contributed by atoms with Crippen LogP contribution in [-0.2, 0) is 6.42 Å². The van der Waals surface area contributed by atoms with Gasteiger partial charge in [-0.1, -0.05) is 6.08 Å². The fourth-order valence-corrected chi connectivity index (χ4v) is 3.64. The van der Waals surface area contributed by atoms with Crippen LogP contribution in [0.4, 0.5) is 0 Å². The van der Waals surface area contributed by atoms with E-state index in [0.29, 0.717) is 49.4 Å². The van der Waals surface area contributed by atoms with E-state index in [1.807, 2.05) is 6.07 Å². The molecule has 1 amide bonds. The van der Waals surface area contributed by atoms with Gasteiger partial charge in [-0.25, -0.2) is 4.79 Å². The number of hydrogen-bond donors (Lipinski definition) is 1. The maximum absolute atomic E-state index is 13.1. The number of amides is 1. The van der Waals surface area contributed by atoms with E-state index in [-0.39, 0.29) is 17.5 Å². The topological polar surface area (TPSA) is 93.9 Å². The zero-order chi connectivity index (χ0) is 21.0. The van der Waals surface area contributed by atoms with Crippen molar-refractivity contribution in [1.29, 1.82) is 0 Å². The molecule has 29 heavy (non-hydrogen) atoms. The van der Waals surface area contributed by atoms with Crippen molar-refractivity contribution in [2.24, 2.45) is 0 Å². The Bertz CT molecular complexity index is 913. The van der Waals surface area contributed by atoms with Crippen molar-refractivity contribution < 1.29 is 24.2 Å². The van der Waals surface area contributed by atoms with Gasteiger partial charge in [-0.2, -0.15) is 5.10 Å². The number of piperidine rings is 1. The molecule has 1 aliphatic rings. The Morgan fingerprint density at radius 2 is 1.97 bits per heavy atom. The number of hydrogen-bond acceptors (Lipinski definition) is 5. The number of aromatic nitrogens is 2. The predicted molar refractivity (Wildman–Crippen MR) is 107 cm³/mol. The second-order valence-corrected chi connectivity index (χ2v) is 6.90. The molecule has 8 heteroatoms. The minimum absolute atomic E-state index is 0.0681. The average molecular weight is 399 g/mol. The number of allylic oxidation sites excluding steroid dienone is 1. The summed E-state index contributed by atoms with van der Waals surface area (Å²) in [6, 6.07) is 3.60. The molecule has 0 bridgehead atoms. The Morgan fingerprint density at radius 3 is 2.52 bits per heavy atom. The quantitative estimate of drug-likeness (QED) is 0.720. The number of methoxy groups -OCH3 is 2. The van der Waals surface area contributed by atoms with E-state index in [2.05, 4.69) is 11.7 Å². The van der Waals surface area contributed by atoms with Gasteiger partial charge in [-0.05, 0) is 31.4 Å². The molecule has 0 saturated carbocycles. The van der Waals surface area contributed by atoms with E-state index in [9.17, 15) is 9.59 Å². The zero-order valence-corrected chi connectivity index (χ0v) is 16.6. The highest BCUT2D eigenvalue weighted by Crippen LogP contribution is 2.34. The van der Waals surface area contributed by atoms with Crippen molar-refractivity contribution >= 4 is 11.9 Å². The normalized spacial score (nSPS) is 14.5.